The number of piperidine rings is 2. The number of rotatable bonds is 12. The first-order chi connectivity index (χ1) is 27.3. The molecule has 0 spiro atoms. The summed E-state index contributed by atoms with van der Waals surface area (Å²) in [6.45, 7) is 13.6. The molecule has 2 aromatic carbocycles. The Morgan fingerprint density at radius 3 is 1.67 bits per heavy atom. The average Bonchev–Trinajstić information content (AvgIpc) is 3.22. The van der Waals surface area contributed by atoms with Gasteiger partial charge in [-0.1, -0.05) is 81.4 Å². The number of carbonyl (C=O) groups excluding carboxylic acids is 3. The van der Waals surface area contributed by atoms with Crippen LogP contribution in [-0.2, 0) is 17.8 Å². The number of hydrogen-bond donors (Lipinski definition) is 6. The van der Waals surface area contributed by atoms with Gasteiger partial charge in [0.25, 0.3) is 0 Å². The van der Waals surface area contributed by atoms with Crippen molar-refractivity contribution in [3.05, 3.63) is 71.8 Å². The molecule has 324 valence electrons. The fourth-order valence-electron chi connectivity index (χ4n) is 6.48. The summed E-state index contributed by atoms with van der Waals surface area (Å²) in [4.78, 5) is 37.9. The average molecular weight is 856 g/mol. The van der Waals surface area contributed by atoms with Crippen molar-refractivity contribution in [1.82, 2.24) is 31.5 Å². The Bertz CT molecular complexity index is 1270. The summed E-state index contributed by atoms with van der Waals surface area (Å²) in [7, 11) is 0. The first kappa shape index (κ1) is 54.1. The molecule has 2 aliphatic heterocycles. The van der Waals surface area contributed by atoms with Crippen molar-refractivity contribution in [3.8, 4) is 0 Å². The van der Waals surface area contributed by atoms with Crippen molar-refractivity contribution in [2.75, 3.05) is 51.2 Å². The van der Waals surface area contributed by atoms with E-state index in [0.717, 1.165) is 110 Å². The van der Waals surface area contributed by atoms with Gasteiger partial charge in [0.05, 0.1) is 11.9 Å². The Balaban J connectivity index is 0.000000754. The zero-order valence-corrected chi connectivity index (χ0v) is 37.1. The van der Waals surface area contributed by atoms with Crippen molar-refractivity contribution in [2.24, 2.45) is 16.6 Å². The van der Waals surface area contributed by atoms with E-state index in [1.54, 1.807) is 0 Å². The standard InChI is InChI=1S/C17H26N2O.C12H18N2.C9H19N3O.C4H7NO.CH2Cl2.ClH/c1-2-12-18-17(20)19-16-10-8-15(9-11-16)13-14-6-4-3-5-7-14;13-12-6-8-14(9-7-12)10-11-4-2-1-3-5-11;1-2-5-11-9(13)12-8-3-6-10-7-4-8;1-2-3-5-4-6;2-1-3;/h3-7,15-16H,2,8-13H2,1H3,(H2,18,19,20);1-5,12H,6-10,13H2;8,10H,2-7H2,1H3,(H2,11,12,13);2-3H2,1H3;1H2;1H. The molecular formula is C43H73Cl3N8O3. The summed E-state index contributed by atoms with van der Waals surface area (Å²) in [5.74, 6) is 0.772. The second kappa shape index (κ2) is 37.4. The first-order valence-corrected chi connectivity index (χ1v) is 21.9. The van der Waals surface area contributed by atoms with Crippen LogP contribution in [-0.4, -0.2) is 92.3 Å². The summed E-state index contributed by atoms with van der Waals surface area (Å²) in [6.07, 6.45) is 14.5. The van der Waals surface area contributed by atoms with E-state index in [2.05, 4.69) is 104 Å². The molecule has 0 atom stereocenters. The van der Waals surface area contributed by atoms with Crippen molar-refractivity contribution in [2.45, 2.75) is 122 Å². The van der Waals surface area contributed by atoms with Gasteiger partial charge in [0, 0.05) is 37.8 Å². The molecular weight excluding hydrogens is 783 g/mol. The molecule has 3 aliphatic rings. The molecule has 7 N–H and O–H groups in total. The van der Waals surface area contributed by atoms with Gasteiger partial charge in [-0.05, 0) is 120 Å². The van der Waals surface area contributed by atoms with Crippen LogP contribution < -0.4 is 32.3 Å². The fourth-order valence-corrected chi connectivity index (χ4v) is 6.48. The van der Waals surface area contributed by atoms with Crippen LogP contribution in [0.25, 0.3) is 0 Å². The Hall–Kier alpha value is -2.89. The van der Waals surface area contributed by atoms with Gasteiger partial charge in [-0.15, -0.1) is 35.6 Å². The van der Waals surface area contributed by atoms with E-state index in [1.165, 1.54) is 36.5 Å². The Labute approximate surface area is 360 Å². The predicted molar refractivity (Wildman–Crippen MR) is 241 cm³/mol. The van der Waals surface area contributed by atoms with Gasteiger partial charge in [-0.25, -0.2) is 19.4 Å². The molecule has 1 aliphatic carbocycles. The van der Waals surface area contributed by atoms with E-state index >= 15 is 0 Å². The number of nitrogens with one attached hydrogen (secondary N) is 5. The number of nitrogens with zero attached hydrogens (tertiary/aromatic N) is 2. The first-order valence-electron chi connectivity index (χ1n) is 20.8. The van der Waals surface area contributed by atoms with E-state index in [-0.39, 0.29) is 29.8 Å². The van der Waals surface area contributed by atoms with Crippen LogP contribution in [0.15, 0.2) is 65.7 Å². The van der Waals surface area contributed by atoms with E-state index < -0.39 is 0 Å². The molecule has 4 amide bonds. The Kier molecular flexibility index (Phi) is 35.5. The lowest BCUT2D eigenvalue weighted by Gasteiger charge is -2.29. The molecule has 2 aromatic rings. The molecule has 3 fully saturated rings. The smallest absolute Gasteiger partial charge is 0.315 e. The molecule has 0 radical (unpaired) electrons. The summed E-state index contributed by atoms with van der Waals surface area (Å²) >= 11 is 9.53. The van der Waals surface area contributed by atoms with Gasteiger partial charge in [0.15, 0.2) is 0 Å². The highest BCUT2D eigenvalue weighted by Crippen LogP contribution is 2.27. The fraction of sp³-hybridized carbons (Fsp3) is 0.651. The molecule has 2 saturated heterocycles. The normalized spacial score (nSPS) is 17.9. The highest BCUT2D eigenvalue weighted by atomic mass is 35.5. The van der Waals surface area contributed by atoms with E-state index in [1.807, 2.05) is 13.8 Å². The highest BCUT2D eigenvalue weighted by molar-refractivity contribution is 6.40. The van der Waals surface area contributed by atoms with Crippen LogP contribution >= 0.6 is 35.6 Å². The number of isocyanates is 1. The minimum atomic E-state index is -0.0197. The number of likely N-dealkylation sites (tertiary alicyclic amines) is 1. The summed E-state index contributed by atoms with van der Waals surface area (Å²) in [6, 6.07) is 22.5. The van der Waals surface area contributed by atoms with Gasteiger partial charge in [0.2, 0.25) is 6.08 Å². The molecule has 5 rings (SSSR count). The van der Waals surface area contributed by atoms with Crippen molar-refractivity contribution < 1.29 is 14.4 Å². The maximum atomic E-state index is 11.6. The largest absolute Gasteiger partial charge is 0.338 e. The minimum absolute atomic E-state index is 0. The molecule has 11 nitrogen and oxygen atoms in total. The summed E-state index contributed by atoms with van der Waals surface area (Å²) in [5.41, 5.74) is 8.70. The van der Waals surface area contributed by atoms with E-state index in [4.69, 9.17) is 28.9 Å². The zero-order chi connectivity index (χ0) is 41.1. The topological polar surface area (TPSA) is 153 Å². The van der Waals surface area contributed by atoms with E-state index in [9.17, 15) is 14.4 Å². The number of urea groups is 2. The number of carbonyl (C=O) groups is 2. The van der Waals surface area contributed by atoms with Crippen LogP contribution in [0.3, 0.4) is 0 Å². The summed E-state index contributed by atoms with van der Waals surface area (Å²) < 4.78 is 0. The summed E-state index contributed by atoms with van der Waals surface area (Å²) in [5, 5.41) is 15.2. The number of hydrogen-bond acceptors (Lipinski definition) is 7. The van der Waals surface area contributed by atoms with Gasteiger partial charge in [-0.3, -0.25) is 4.90 Å². The van der Waals surface area contributed by atoms with Crippen LogP contribution in [0.4, 0.5) is 9.59 Å². The molecule has 0 bridgehead atoms. The Morgan fingerprint density at radius 2 is 1.23 bits per heavy atom. The lowest BCUT2D eigenvalue weighted by molar-refractivity contribution is 0.205. The van der Waals surface area contributed by atoms with Crippen molar-refractivity contribution >= 4 is 53.8 Å². The SMILES string of the molecule is CCCN=C=O.CCCNC(=O)NC1CCC(Cc2ccccc2)CC1.CCCNC(=O)NC1CCNCC1.Cl.ClCCl.NC1CCN(Cc2ccccc2)CC1. The van der Waals surface area contributed by atoms with Gasteiger partial charge in [-0.2, -0.15) is 0 Å². The number of alkyl halides is 2. The number of benzene rings is 2. The van der Waals surface area contributed by atoms with Crippen molar-refractivity contribution in [1.29, 1.82) is 0 Å². The molecule has 14 heteroatoms. The monoisotopic (exact) mass is 854 g/mol. The van der Waals surface area contributed by atoms with Crippen LogP contribution in [0.5, 0.6) is 0 Å². The zero-order valence-electron chi connectivity index (χ0n) is 34.8. The van der Waals surface area contributed by atoms with Crippen molar-refractivity contribution in [3.63, 3.8) is 0 Å². The number of halogens is 3. The second-order valence-electron chi connectivity index (χ2n) is 14.4. The van der Waals surface area contributed by atoms with Crippen LogP contribution in [0.2, 0.25) is 0 Å². The Morgan fingerprint density at radius 1 is 0.754 bits per heavy atom. The highest BCUT2D eigenvalue weighted by Gasteiger charge is 2.22. The van der Waals surface area contributed by atoms with Gasteiger partial charge in [0.1, 0.15) is 0 Å². The van der Waals surface area contributed by atoms with Crippen LogP contribution in [0.1, 0.15) is 103 Å². The third kappa shape index (κ3) is 29.9. The third-order valence-electron chi connectivity index (χ3n) is 9.58. The van der Waals surface area contributed by atoms with Gasteiger partial charge >= 0.3 is 12.1 Å². The number of aliphatic imine (C=N–C) groups is 1. The van der Waals surface area contributed by atoms with Crippen LogP contribution in [0, 0.1) is 5.92 Å². The quantitative estimate of drug-likeness (QED) is 0.0721. The molecule has 1 saturated carbocycles. The lowest BCUT2D eigenvalue weighted by atomic mass is 9.82. The van der Waals surface area contributed by atoms with Gasteiger partial charge < -0.3 is 32.3 Å². The number of amides is 4. The minimum Gasteiger partial charge on any atom is -0.338 e. The maximum absolute atomic E-state index is 11.6. The molecule has 2 heterocycles. The lowest BCUT2D eigenvalue weighted by Crippen LogP contribution is -2.46. The maximum Gasteiger partial charge on any atom is 0.315 e. The molecule has 57 heavy (non-hydrogen) atoms. The van der Waals surface area contributed by atoms with E-state index in [0.29, 0.717) is 24.7 Å². The number of nitrogens with two attached hydrogens (primary N) is 1. The third-order valence-corrected chi connectivity index (χ3v) is 9.58. The second-order valence-corrected chi connectivity index (χ2v) is 15.2. The molecule has 0 unspecified atom stereocenters. The predicted octanol–water partition coefficient (Wildman–Crippen LogP) is 8.13. The molecule has 0 aromatic heterocycles.